The molecule has 0 radical (unpaired) electrons. The lowest BCUT2D eigenvalue weighted by Gasteiger charge is -2.11. The molecule has 1 aliphatic rings. The van der Waals surface area contributed by atoms with Crippen LogP contribution in [0.4, 0.5) is 4.39 Å². The van der Waals surface area contributed by atoms with Crippen LogP contribution < -0.4 is 10.0 Å². The molecule has 0 bridgehead atoms. The zero-order valence-electron chi connectivity index (χ0n) is 12.3. The van der Waals surface area contributed by atoms with Crippen LogP contribution in [0.3, 0.4) is 0 Å². The fourth-order valence-corrected chi connectivity index (χ4v) is 3.19. The van der Waals surface area contributed by atoms with E-state index in [9.17, 15) is 17.6 Å². The second-order valence-corrected chi connectivity index (χ2v) is 6.94. The molecule has 2 N–H and O–H groups in total. The van der Waals surface area contributed by atoms with Crippen molar-refractivity contribution >= 4 is 15.9 Å². The average Bonchev–Trinajstić information content (AvgIpc) is 2.99. The summed E-state index contributed by atoms with van der Waals surface area (Å²) in [6.07, 6.45) is 1.86. The first-order valence-electron chi connectivity index (χ1n) is 7.02. The maximum absolute atomic E-state index is 13.2. The maximum Gasteiger partial charge on any atom is 0.241 e. The van der Waals surface area contributed by atoms with Crippen molar-refractivity contribution in [3.05, 3.63) is 29.6 Å². The van der Waals surface area contributed by atoms with E-state index in [2.05, 4.69) is 10.0 Å². The number of sulfonamides is 1. The highest BCUT2D eigenvalue weighted by molar-refractivity contribution is 7.89. The van der Waals surface area contributed by atoms with Crippen LogP contribution in [0.15, 0.2) is 23.1 Å². The van der Waals surface area contributed by atoms with Gasteiger partial charge in [-0.1, -0.05) is 0 Å². The number of hydrogen-bond donors (Lipinski definition) is 2. The Balaban J connectivity index is 1.85. The normalized spacial score (nSPS) is 18.4. The predicted octanol–water partition coefficient (Wildman–Crippen LogP) is 0.708. The minimum atomic E-state index is -3.84. The van der Waals surface area contributed by atoms with Crippen LogP contribution >= 0.6 is 0 Å². The zero-order chi connectivity index (χ0) is 16.2. The van der Waals surface area contributed by atoms with E-state index < -0.39 is 21.7 Å². The third-order valence-corrected chi connectivity index (χ3v) is 4.81. The third-order valence-electron chi connectivity index (χ3n) is 3.41. The summed E-state index contributed by atoms with van der Waals surface area (Å²) in [4.78, 5) is 11.6. The molecule has 0 aliphatic carbocycles. The lowest BCUT2D eigenvalue weighted by atomic mass is 10.2. The predicted molar refractivity (Wildman–Crippen MR) is 78.3 cm³/mol. The maximum atomic E-state index is 13.2. The van der Waals surface area contributed by atoms with Gasteiger partial charge in [0.2, 0.25) is 15.9 Å². The summed E-state index contributed by atoms with van der Waals surface area (Å²) in [5, 5.41) is 2.62. The van der Waals surface area contributed by atoms with Crippen molar-refractivity contribution < 1.29 is 22.3 Å². The molecule has 1 aliphatic heterocycles. The van der Waals surface area contributed by atoms with E-state index in [1.807, 2.05) is 0 Å². The lowest BCUT2D eigenvalue weighted by molar-refractivity contribution is -0.120. The Labute approximate surface area is 129 Å². The van der Waals surface area contributed by atoms with Gasteiger partial charge in [0.1, 0.15) is 5.82 Å². The van der Waals surface area contributed by atoms with Crippen molar-refractivity contribution in [3.8, 4) is 0 Å². The van der Waals surface area contributed by atoms with E-state index in [0.29, 0.717) is 13.2 Å². The summed E-state index contributed by atoms with van der Waals surface area (Å²) in [6.45, 7) is 2.17. The molecule has 1 fully saturated rings. The number of carbonyl (C=O) groups excluding carboxylic acids is 1. The van der Waals surface area contributed by atoms with Crippen LogP contribution in [0.2, 0.25) is 0 Å². The first-order valence-corrected chi connectivity index (χ1v) is 8.51. The number of carbonyl (C=O) groups is 1. The molecule has 1 amide bonds. The van der Waals surface area contributed by atoms with Gasteiger partial charge in [-0.3, -0.25) is 4.79 Å². The van der Waals surface area contributed by atoms with Gasteiger partial charge in [-0.2, -0.15) is 0 Å². The van der Waals surface area contributed by atoms with Gasteiger partial charge in [-0.15, -0.1) is 0 Å². The summed E-state index contributed by atoms with van der Waals surface area (Å²) in [5.74, 6) is -0.911. The molecule has 1 aromatic carbocycles. The van der Waals surface area contributed by atoms with Crippen molar-refractivity contribution in [2.24, 2.45) is 0 Å². The summed E-state index contributed by atoms with van der Waals surface area (Å²) in [7, 11) is -3.84. The molecule has 1 unspecified atom stereocenters. The molecule has 0 spiro atoms. The summed E-state index contributed by atoms with van der Waals surface area (Å²) >= 11 is 0. The van der Waals surface area contributed by atoms with Crippen LogP contribution in [0, 0.1) is 12.7 Å². The van der Waals surface area contributed by atoms with Gasteiger partial charge in [0.15, 0.2) is 0 Å². The van der Waals surface area contributed by atoms with E-state index in [1.165, 1.54) is 13.0 Å². The van der Waals surface area contributed by atoms with Crippen LogP contribution in [-0.2, 0) is 19.6 Å². The Kier molecular flexibility index (Phi) is 5.49. The minimum absolute atomic E-state index is 0.000283. The monoisotopic (exact) mass is 330 g/mol. The SMILES string of the molecule is Cc1cc(S(=O)(=O)NCC(=O)NCC2CCCO2)ccc1F. The Hall–Kier alpha value is -1.51. The first-order chi connectivity index (χ1) is 10.4. The van der Waals surface area contributed by atoms with E-state index in [4.69, 9.17) is 4.74 Å². The molecule has 22 heavy (non-hydrogen) atoms. The molecule has 1 saturated heterocycles. The topological polar surface area (TPSA) is 84.5 Å². The number of ether oxygens (including phenoxy) is 1. The lowest BCUT2D eigenvalue weighted by Crippen LogP contribution is -2.39. The number of nitrogens with one attached hydrogen (secondary N) is 2. The number of hydrogen-bond acceptors (Lipinski definition) is 4. The van der Waals surface area contributed by atoms with Gasteiger partial charge < -0.3 is 10.1 Å². The van der Waals surface area contributed by atoms with Crippen molar-refractivity contribution in [1.82, 2.24) is 10.0 Å². The number of aryl methyl sites for hydroxylation is 1. The fraction of sp³-hybridized carbons (Fsp3) is 0.500. The molecule has 0 aromatic heterocycles. The smallest absolute Gasteiger partial charge is 0.241 e. The molecule has 6 nitrogen and oxygen atoms in total. The molecule has 0 saturated carbocycles. The second kappa shape index (κ2) is 7.17. The summed E-state index contributed by atoms with van der Waals surface area (Å²) < 4.78 is 44.8. The van der Waals surface area contributed by atoms with Crippen molar-refractivity contribution in [1.29, 1.82) is 0 Å². The molecular formula is C14H19FN2O4S. The Bertz CT molecular complexity index is 642. The molecule has 2 rings (SSSR count). The quantitative estimate of drug-likeness (QED) is 0.804. The van der Waals surface area contributed by atoms with Gasteiger partial charge in [0, 0.05) is 13.2 Å². The van der Waals surface area contributed by atoms with Gasteiger partial charge >= 0.3 is 0 Å². The van der Waals surface area contributed by atoms with Gasteiger partial charge in [-0.25, -0.2) is 17.5 Å². The third kappa shape index (κ3) is 4.49. The summed E-state index contributed by atoms with van der Waals surface area (Å²) in [5.41, 5.74) is 0.228. The van der Waals surface area contributed by atoms with Crippen molar-refractivity contribution in [3.63, 3.8) is 0 Å². The number of halogens is 1. The van der Waals surface area contributed by atoms with E-state index >= 15 is 0 Å². The first kappa shape index (κ1) is 16.9. The van der Waals surface area contributed by atoms with Gasteiger partial charge in [0.25, 0.3) is 0 Å². The molecule has 1 aromatic rings. The van der Waals surface area contributed by atoms with Gasteiger partial charge in [0.05, 0.1) is 17.5 Å². The molecule has 1 atom stereocenters. The number of rotatable bonds is 6. The van der Waals surface area contributed by atoms with E-state index in [0.717, 1.165) is 25.0 Å². The largest absolute Gasteiger partial charge is 0.376 e. The fourth-order valence-electron chi connectivity index (χ4n) is 2.12. The molecule has 122 valence electrons. The highest BCUT2D eigenvalue weighted by atomic mass is 32.2. The Morgan fingerprint density at radius 1 is 1.45 bits per heavy atom. The Morgan fingerprint density at radius 2 is 2.23 bits per heavy atom. The highest BCUT2D eigenvalue weighted by Gasteiger charge is 2.19. The van der Waals surface area contributed by atoms with Crippen LogP contribution in [0.25, 0.3) is 0 Å². The molecule has 1 heterocycles. The van der Waals surface area contributed by atoms with Crippen molar-refractivity contribution in [2.45, 2.75) is 30.8 Å². The molecule has 8 heteroatoms. The van der Waals surface area contributed by atoms with E-state index in [-0.39, 0.29) is 23.1 Å². The minimum Gasteiger partial charge on any atom is -0.376 e. The van der Waals surface area contributed by atoms with Gasteiger partial charge in [-0.05, 0) is 43.5 Å². The second-order valence-electron chi connectivity index (χ2n) is 5.17. The van der Waals surface area contributed by atoms with Crippen LogP contribution in [0.1, 0.15) is 18.4 Å². The standard InChI is InChI=1S/C14H19FN2O4S/c1-10-7-12(4-5-13(10)15)22(19,20)17-9-14(18)16-8-11-3-2-6-21-11/h4-5,7,11,17H,2-3,6,8-9H2,1H3,(H,16,18). The molecular weight excluding hydrogens is 311 g/mol. The zero-order valence-corrected chi connectivity index (χ0v) is 13.1. The van der Waals surface area contributed by atoms with Crippen LogP contribution in [-0.4, -0.2) is 40.1 Å². The number of amides is 1. The van der Waals surface area contributed by atoms with Crippen molar-refractivity contribution in [2.75, 3.05) is 19.7 Å². The van der Waals surface area contributed by atoms with E-state index in [1.54, 1.807) is 0 Å². The number of benzene rings is 1. The van der Waals surface area contributed by atoms with Crippen LogP contribution in [0.5, 0.6) is 0 Å². The summed E-state index contributed by atoms with van der Waals surface area (Å²) in [6, 6.07) is 3.47. The highest BCUT2D eigenvalue weighted by Crippen LogP contribution is 2.14. The Morgan fingerprint density at radius 3 is 2.86 bits per heavy atom. The average molecular weight is 330 g/mol.